The number of halogens is 2. The number of benzene rings is 1. The second-order valence-corrected chi connectivity index (χ2v) is 6.65. The predicted octanol–water partition coefficient (Wildman–Crippen LogP) is 3.39. The fraction of sp³-hybridized carbons (Fsp3) is 0.167. The average Bonchev–Trinajstić information content (AvgIpc) is 3.11. The normalized spacial score (nSPS) is 13.6. The maximum Gasteiger partial charge on any atom is 0.298 e. The molecule has 3 aromatic rings. The summed E-state index contributed by atoms with van der Waals surface area (Å²) in [5.41, 5.74) is 0.610. The molecule has 1 amide bonds. The molecule has 3 heterocycles. The fourth-order valence-corrected chi connectivity index (χ4v) is 3.56. The van der Waals surface area contributed by atoms with Crippen molar-refractivity contribution in [3.63, 3.8) is 0 Å². The van der Waals surface area contributed by atoms with Crippen LogP contribution in [0.2, 0.25) is 0 Å². The molecule has 0 fully saturated rings. The van der Waals surface area contributed by atoms with Gasteiger partial charge in [0.2, 0.25) is 5.76 Å². The second-order valence-electron chi connectivity index (χ2n) is 5.64. The lowest BCUT2D eigenvalue weighted by Gasteiger charge is -2.22. The van der Waals surface area contributed by atoms with Crippen molar-refractivity contribution in [3.05, 3.63) is 65.9 Å². The summed E-state index contributed by atoms with van der Waals surface area (Å²) in [7, 11) is 0. The van der Waals surface area contributed by atoms with Crippen LogP contribution in [0.15, 0.2) is 48.5 Å². The molecule has 0 saturated heterocycles. The molecule has 1 aliphatic rings. The van der Waals surface area contributed by atoms with Crippen molar-refractivity contribution in [1.29, 1.82) is 0 Å². The number of anilines is 1. The molecular formula is C18H13F2N3O3S. The largest absolute Gasteiger partial charge is 0.494 e. The monoisotopic (exact) mass is 389 g/mol. The van der Waals surface area contributed by atoms with Gasteiger partial charge in [-0.15, -0.1) is 0 Å². The molecule has 0 atom stereocenters. The SMILES string of the molecule is O=C(C1=COCCO1)N(Cc1ccccn1)c1nc2c(F)cc(F)cc2s1. The van der Waals surface area contributed by atoms with E-state index < -0.39 is 17.5 Å². The molecule has 0 bridgehead atoms. The Morgan fingerprint density at radius 2 is 2.15 bits per heavy atom. The highest BCUT2D eigenvalue weighted by molar-refractivity contribution is 7.22. The number of thiazole rings is 1. The number of pyridine rings is 1. The number of carbonyl (C=O) groups excluding carboxylic acids is 1. The van der Waals surface area contributed by atoms with Gasteiger partial charge in [0.1, 0.15) is 30.8 Å². The Morgan fingerprint density at radius 1 is 1.26 bits per heavy atom. The van der Waals surface area contributed by atoms with E-state index in [0.717, 1.165) is 17.4 Å². The summed E-state index contributed by atoms with van der Waals surface area (Å²) < 4.78 is 38.4. The zero-order valence-electron chi connectivity index (χ0n) is 13.9. The van der Waals surface area contributed by atoms with Crippen LogP contribution in [0.25, 0.3) is 10.2 Å². The van der Waals surface area contributed by atoms with Gasteiger partial charge >= 0.3 is 0 Å². The van der Waals surface area contributed by atoms with E-state index in [1.807, 2.05) is 0 Å². The number of nitrogens with zero attached hydrogens (tertiary/aromatic N) is 3. The van der Waals surface area contributed by atoms with Crippen LogP contribution in [0.4, 0.5) is 13.9 Å². The molecule has 4 rings (SSSR count). The number of rotatable bonds is 4. The van der Waals surface area contributed by atoms with Gasteiger partial charge in [-0.2, -0.15) is 0 Å². The Morgan fingerprint density at radius 3 is 2.89 bits per heavy atom. The first kappa shape index (κ1) is 17.3. The summed E-state index contributed by atoms with van der Waals surface area (Å²) in [4.78, 5) is 22.7. The van der Waals surface area contributed by atoms with Gasteiger partial charge in [0.05, 0.1) is 16.9 Å². The topological polar surface area (TPSA) is 64.6 Å². The van der Waals surface area contributed by atoms with Crippen molar-refractivity contribution < 1.29 is 23.0 Å². The minimum absolute atomic E-state index is 0.00464. The van der Waals surface area contributed by atoms with Crippen LogP contribution < -0.4 is 4.90 Å². The molecule has 0 saturated carbocycles. The van der Waals surface area contributed by atoms with Gasteiger partial charge in [0.15, 0.2) is 10.9 Å². The van der Waals surface area contributed by atoms with Crippen LogP contribution in [0.5, 0.6) is 0 Å². The Labute approximate surface area is 156 Å². The molecule has 1 aromatic carbocycles. The first-order valence-corrected chi connectivity index (χ1v) is 8.85. The molecule has 0 unspecified atom stereocenters. The minimum Gasteiger partial charge on any atom is -0.494 e. The van der Waals surface area contributed by atoms with Crippen molar-refractivity contribution in [2.45, 2.75) is 6.54 Å². The summed E-state index contributed by atoms with van der Waals surface area (Å²) in [6.07, 6.45) is 2.84. The van der Waals surface area contributed by atoms with Crippen LogP contribution in [-0.2, 0) is 20.8 Å². The van der Waals surface area contributed by atoms with Crippen LogP contribution in [-0.4, -0.2) is 29.1 Å². The maximum absolute atomic E-state index is 14.0. The molecule has 0 spiro atoms. The van der Waals surface area contributed by atoms with Crippen molar-refractivity contribution >= 4 is 32.6 Å². The summed E-state index contributed by atoms with van der Waals surface area (Å²) in [5, 5.41) is 0.209. The van der Waals surface area contributed by atoms with E-state index in [-0.39, 0.29) is 29.6 Å². The molecular weight excluding hydrogens is 376 g/mol. The first-order valence-electron chi connectivity index (χ1n) is 8.04. The summed E-state index contributed by atoms with van der Waals surface area (Å²) in [5.74, 6) is -1.97. The van der Waals surface area contributed by atoms with E-state index in [1.54, 1.807) is 24.4 Å². The van der Waals surface area contributed by atoms with Gasteiger partial charge < -0.3 is 9.47 Å². The molecule has 2 aromatic heterocycles. The standard InChI is InChI=1S/C18H13F2N3O3S/c19-11-7-13(20)16-15(8-11)27-18(22-16)23(9-12-3-1-2-4-21-12)17(24)14-10-25-5-6-26-14/h1-4,7-8,10H,5-6,9H2. The summed E-state index contributed by atoms with van der Waals surface area (Å²) in [6.45, 7) is 0.682. The molecule has 0 aliphatic carbocycles. The zero-order chi connectivity index (χ0) is 18.8. The number of ether oxygens (including phenoxy) is 2. The van der Waals surface area contributed by atoms with E-state index in [2.05, 4.69) is 9.97 Å². The lowest BCUT2D eigenvalue weighted by Crippen LogP contribution is -2.34. The molecule has 0 radical (unpaired) electrons. The lowest BCUT2D eigenvalue weighted by molar-refractivity contribution is -0.120. The van der Waals surface area contributed by atoms with E-state index >= 15 is 0 Å². The Kier molecular flexibility index (Phi) is 4.68. The second kappa shape index (κ2) is 7.28. The Hall–Kier alpha value is -3.07. The maximum atomic E-state index is 14.0. The van der Waals surface area contributed by atoms with Gasteiger partial charge in [0.25, 0.3) is 5.91 Å². The van der Waals surface area contributed by atoms with Gasteiger partial charge in [0, 0.05) is 12.3 Å². The van der Waals surface area contributed by atoms with Gasteiger partial charge in [-0.05, 0) is 18.2 Å². The van der Waals surface area contributed by atoms with Crippen LogP contribution in [0.1, 0.15) is 5.69 Å². The number of aromatic nitrogens is 2. The smallest absolute Gasteiger partial charge is 0.298 e. The third-order valence-electron chi connectivity index (χ3n) is 3.78. The van der Waals surface area contributed by atoms with Crippen molar-refractivity contribution in [2.75, 3.05) is 18.1 Å². The predicted molar refractivity (Wildman–Crippen MR) is 95.0 cm³/mol. The number of carbonyl (C=O) groups is 1. The molecule has 138 valence electrons. The van der Waals surface area contributed by atoms with E-state index in [9.17, 15) is 13.6 Å². The van der Waals surface area contributed by atoms with E-state index in [4.69, 9.17) is 9.47 Å². The molecule has 9 heteroatoms. The third kappa shape index (κ3) is 3.59. The first-order chi connectivity index (χ1) is 13.1. The molecule has 6 nitrogen and oxygen atoms in total. The Bertz CT molecular complexity index is 1020. The van der Waals surface area contributed by atoms with Crippen LogP contribution >= 0.6 is 11.3 Å². The van der Waals surface area contributed by atoms with Crippen molar-refractivity contribution in [2.24, 2.45) is 0 Å². The van der Waals surface area contributed by atoms with Gasteiger partial charge in [-0.1, -0.05) is 17.4 Å². The van der Waals surface area contributed by atoms with E-state index in [1.165, 1.54) is 17.2 Å². The minimum atomic E-state index is -0.783. The summed E-state index contributed by atoms with van der Waals surface area (Å²) >= 11 is 1.01. The van der Waals surface area contributed by atoms with Gasteiger partial charge in [-0.3, -0.25) is 14.7 Å². The Balaban J connectivity index is 1.76. The number of hydrogen-bond donors (Lipinski definition) is 0. The highest BCUT2D eigenvalue weighted by Crippen LogP contribution is 2.32. The summed E-state index contributed by atoms with van der Waals surface area (Å²) in [6, 6.07) is 7.24. The quantitative estimate of drug-likeness (QED) is 0.684. The van der Waals surface area contributed by atoms with Crippen LogP contribution in [0, 0.1) is 11.6 Å². The molecule has 1 aliphatic heterocycles. The van der Waals surface area contributed by atoms with E-state index in [0.29, 0.717) is 17.0 Å². The molecule has 0 N–H and O–H groups in total. The number of hydrogen-bond acceptors (Lipinski definition) is 6. The number of fused-ring (bicyclic) bond motifs is 1. The lowest BCUT2D eigenvalue weighted by atomic mass is 10.3. The third-order valence-corrected chi connectivity index (χ3v) is 4.81. The van der Waals surface area contributed by atoms with Gasteiger partial charge in [-0.25, -0.2) is 13.8 Å². The fourth-order valence-electron chi connectivity index (χ4n) is 2.55. The number of amides is 1. The highest BCUT2D eigenvalue weighted by atomic mass is 32.1. The zero-order valence-corrected chi connectivity index (χ0v) is 14.7. The molecule has 27 heavy (non-hydrogen) atoms. The van der Waals surface area contributed by atoms with Crippen molar-refractivity contribution in [1.82, 2.24) is 9.97 Å². The van der Waals surface area contributed by atoms with Crippen molar-refractivity contribution in [3.8, 4) is 0 Å². The highest BCUT2D eigenvalue weighted by Gasteiger charge is 2.27. The van der Waals surface area contributed by atoms with Crippen LogP contribution in [0.3, 0.4) is 0 Å². The average molecular weight is 389 g/mol.